The molecule has 0 saturated heterocycles. The topological polar surface area (TPSA) is 38.6 Å². The van der Waals surface area contributed by atoms with Crippen LogP contribution >= 0.6 is 0 Å². The molecule has 154 valence electrons. The minimum atomic E-state index is 0.235. The maximum atomic E-state index is 5.65. The molecule has 1 atom stereocenters. The molecule has 4 nitrogen and oxygen atoms in total. The second-order valence-electron chi connectivity index (χ2n) is 7.82. The first-order valence-electron chi connectivity index (χ1n) is 10.5. The average Bonchev–Trinajstić information content (AvgIpc) is 3.30. The Balaban J connectivity index is 1.41. The number of nitrogens with zero attached hydrogens (tertiary/aromatic N) is 2. The Kier molecular flexibility index (Phi) is 5.14. The van der Waals surface area contributed by atoms with E-state index in [0.29, 0.717) is 0 Å². The minimum Gasteiger partial charge on any atom is -0.496 e. The van der Waals surface area contributed by atoms with Crippen molar-refractivity contribution in [2.45, 2.75) is 19.5 Å². The molecule has 0 fully saturated rings. The maximum absolute atomic E-state index is 5.65. The van der Waals surface area contributed by atoms with Crippen molar-refractivity contribution in [2.75, 3.05) is 7.11 Å². The van der Waals surface area contributed by atoms with Crippen molar-refractivity contribution in [1.82, 2.24) is 14.7 Å². The van der Waals surface area contributed by atoms with Crippen molar-refractivity contribution in [3.8, 4) is 16.9 Å². The van der Waals surface area contributed by atoms with Gasteiger partial charge in [-0.1, -0.05) is 48.5 Å². The van der Waals surface area contributed by atoms with Gasteiger partial charge in [0.15, 0.2) is 0 Å². The summed E-state index contributed by atoms with van der Waals surface area (Å²) in [5, 5.41) is 6.27. The summed E-state index contributed by atoms with van der Waals surface area (Å²) in [6.07, 6.45) is 5.87. The fraction of sp³-hybridized carbons (Fsp3) is 0.148. The third kappa shape index (κ3) is 3.78. The van der Waals surface area contributed by atoms with Gasteiger partial charge in [-0.15, -0.1) is 0 Å². The van der Waals surface area contributed by atoms with Crippen molar-refractivity contribution in [3.63, 3.8) is 0 Å². The zero-order valence-electron chi connectivity index (χ0n) is 17.7. The van der Waals surface area contributed by atoms with E-state index >= 15 is 0 Å². The Hall–Kier alpha value is -3.63. The molecular weight excluding hydrogens is 382 g/mol. The molecule has 0 radical (unpaired) electrons. The Bertz CT molecular complexity index is 1350. The second-order valence-corrected chi connectivity index (χ2v) is 7.82. The van der Waals surface area contributed by atoms with Gasteiger partial charge >= 0.3 is 0 Å². The molecule has 0 aliphatic heterocycles. The van der Waals surface area contributed by atoms with Gasteiger partial charge in [0, 0.05) is 42.3 Å². The number of nitrogens with one attached hydrogen (secondary N) is 1. The summed E-state index contributed by atoms with van der Waals surface area (Å²) < 4.78 is 7.68. The van der Waals surface area contributed by atoms with Gasteiger partial charge in [0.1, 0.15) is 11.4 Å². The standard InChI is InChI=1S/C27H25N3O/c1-19(23-9-5-7-21-6-3-4-8-24(21)23)29-17-20-10-12-26(31-2)25(16-20)22-11-13-27-28-14-15-30(27)18-22/h3-16,18-19,29H,17H2,1-2H3. The molecule has 1 N–H and O–H groups in total. The number of aromatic nitrogens is 2. The van der Waals surface area contributed by atoms with Crippen LogP contribution in [-0.4, -0.2) is 16.5 Å². The molecule has 5 rings (SSSR count). The number of benzene rings is 3. The molecule has 0 aliphatic carbocycles. The van der Waals surface area contributed by atoms with Gasteiger partial charge in [0.05, 0.1) is 7.11 Å². The lowest BCUT2D eigenvalue weighted by atomic mass is 9.99. The molecule has 1 unspecified atom stereocenters. The first-order valence-corrected chi connectivity index (χ1v) is 10.5. The predicted octanol–water partition coefficient (Wildman–Crippen LogP) is 6.01. The maximum Gasteiger partial charge on any atom is 0.136 e. The van der Waals surface area contributed by atoms with E-state index in [1.54, 1.807) is 7.11 Å². The van der Waals surface area contributed by atoms with Crippen LogP contribution in [0.15, 0.2) is 91.4 Å². The Labute approximate surface area is 182 Å². The number of pyridine rings is 1. The molecule has 0 aliphatic rings. The Morgan fingerprint density at radius 3 is 2.77 bits per heavy atom. The van der Waals surface area contributed by atoms with Crippen LogP contribution in [0.5, 0.6) is 5.75 Å². The van der Waals surface area contributed by atoms with Crippen molar-refractivity contribution >= 4 is 16.4 Å². The first kappa shape index (κ1) is 19.3. The van der Waals surface area contributed by atoms with Gasteiger partial charge in [0.2, 0.25) is 0 Å². The highest BCUT2D eigenvalue weighted by Gasteiger charge is 2.11. The van der Waals surface area contributed by atoms with E-state index < -0.39 is 0 Å². The zero-order chi connectivity index (χ0) is 21.2. The molecular formula is C27H25N3O. The van der Waals surface area contributed by atoms with Crippen LogP contribution in [0.2, 0.25) is 0 Å². The van der Waals surface area contributed by atoms with Crippen molar-refractivity contribution in [2.24, 2.45) is 0 Å². The molecule has 2 aromatic heterocycles. The normalized spacial score (nSPS) is 12.3. The van der Waals surface area contributed by atoms with Gasteiger partial charge in [0.25, 0.3) is 0 Å². The molecule has 2 heterocycles. The molecule has 0 amide bonds. The van der Waals surface area contributed by atoms with E-state index in [-0.39, 0.29) is 6.04 Å². The number of methoxy groups -OCH3 is 1. The van der Waals surface area contributed by atoms with E-state index in [0.717, 1.165) is 29.1 Å². The van der Waals surface area contributed by atoms with Gasteiger partial charge < -0.3 is 14.5 Å². The third-order valence-electron chi connectivity index (χ3n) is 5.87. The number of imidazole rings is 1. The summed E-state index contributed by atoms with van der Waals surface area (Å²) >= 11 is 0. The monoisotopic (exact) mass is 407 g/mol. The molecule has 4 heteroatoms. The third-order valence-corrected chi connectivity index (χ3v) is 5.87. The van der Waals surface area contributed by atoms with E-state index in [9.17, 15) is 0 Å². The quantitative estimate of drug-likeness (QED) is 0.374. The summed E-state index contributed by atoms with van der Waals surface area (Å²) in [4.78, 5) is 4.33. The van der Waals surface area contributed by atoms with Crippen LogP contribution in [0.3, 0.4) is 0 Å². The molecule has 0 spiro atoms. The average molecular weight is 408 g/mol. The van der Waals surface area contributed by atoms with Gasteiger partial charge in [-0.3, -0.25) is 0 Å². The van der Waals surface area contributed by atoms with E-state index in [1.165, 1.54) is 21.9 Å². The van der Waals surface area contributed by atoms with Crippen LogP contribution in [0.25, 0.3) is 27.5 Å². The molecule has 31 heavy (non-hydrogen) atoms. The molecule has 5 aromatic rings. The van der Waals surface area contributed by atoms with Gasteiger partial charge in [-0.05, 0) is 53.1 Å². The number of hydrogen-bond acceptors (Lipinski definition) is 3. The number of hydrogen-bond donors (Lipinski definition) is 1. The SMILES string of the molecule is COc1ccc(CNC(C)c2cccc3ccccc23)cc1-c1ccc2nccn2c1. The van der Waals surface area contributed by atoms with Crippen molar-refractivity contribution < 1.29 is 4.74 Å². The lowest BCUT2D eigenvalue weighted by Gasteiger charge is -2.18. The smallest absolute Gasteiger partial charge is 0.136 e. The molecule has 3 aromatic carbocycles. The summed E-state index contributed by atoms with van der Waals surface area (Å²) in [6, 6.07) is 25.8. The lowest BCUT2D eigenvalue weighted by Crippen LogP contribution is -2.18. The summed E-state index contributed by atoms with van der Waals surface area (Å²) in [5.41, 5.74) is 5.65. The van der Waals surface area contributed by atoms with Crippen LogP contribution in [0.4, 0.5) is 0 Å². The largest absolute Gasteiger partial charge is 0.496 e. The number of rotatable bonds is 6. The van der Waals surface area contributed by atoms with Crippen LogP contribution < -0.4 is 10.1 Å². The Morgan fingerprint density at radius 2 is 1.87 bits per heavy atom. The summed E-state index contributed by atoms with van der Waals surface area (Å²) in [7, 11) is 1.72. The fourth-order valence-electron chi connectivity index (χ4n) is 4.18. The highest BCUT2D eigenvalue weighted by atomic mass is 16.5. The van der Waals surface area contributed by atoms with Gasteiger partial charge in [-0.25, -0.2) is 4.98 Å². The second kappa shape index (κ2) is 8.25. The van der Waals surface area contributed by atoms with E-state index in [2.05, 4.69) is 84.1 Å². The molecule has 0 bridgehead atoms. The zero-order valence-corrected chi connectivity index (χ0v) is 17.7. The van der Waals surface area contributed by atoms with Crippen molar-refractivity contribution in [1.29, 1.82) is 0 Å². The van der Waals surface area contributed by atoms with Crippen molar-refractivity contribution in [3.05, 3.63) is 103 Å². The highest BCUT2D eigenvalue weighted by Crippen LogP contribution is 2.31. The highest BCUT2D eigenvalue weighted by molar-refractivity contribution is 5.86. The fourth-order valence-corrected chi connectivity index (χ4v) is 4.18. The van der Waals surface area contributed by atoms with Crippen LogP contribution in [0, 0.1) is 0 Å². The van der Waals surface area contributed by atoms with Crippen LogP contribution in [-0.2, 0) is 6.54 Å². The van der Waals surface area contributed by atoms with Gasteiger partial charge in [-0.2, -0.15) is 0 Å². The van der Waals surface area contributed by atoms with Crippen LogP contribution in [0.1, 0.15) is 24.1 Å². The first-order chi connectivity index (χ1) is 15.2. The van der Waals surface area contributed by atoms with E-state index in [4.69, 9.17) is 4.74 Å². The lowest BCUT2D eigenvalue weighted by molar-refractivity contribution is 0.416. The summed E-state index contributed by atoms with van der Waals surface area (Å²) in [5.74, 6) is 0.866. The summed E-state index contributed by atoms with van der Waals surface area (Å²) in [6.45, 7) is 2.99. The Morgan fingerprint density at radius 1 is 1.00 bits per heavy atom. The number of ether oxygens (including phenoxy) is 1. The predicted molar refractivity (Wildman–Crippen MR) is 126 cm³/mol. The molecule has 0 saturated carbocycles. The van der Waals surface area contributed by atoms with E-state index in [1.807, 2.05) is 28.9 Å². The minimum absolute atomic E-state index is 0.235. The number of fused-ring (bicyclic) bond motifs is 2.